The maximum atomic E-state index is 17.2. The van der Waals surface area contributed by atoms with Gasteiger partial charge >= 0.3 is 0 Å². The van der Waals surface area contributed by atoms with Gasteiger partial charge in [-0.3, -0.25) is 14.5 Å². The summed E-state index contributed by atoms with van der Waals surface area (Å²) < 4.78 is 63.0. The number of anilines is 1. The molecule has 7 bridgehead atoms. The molecule has 4 heterocycles. The van der Waals surface area contributed by atoms with E-state index in [1.54, 1.807) is 44.2 Å². The highest BCUT2D eigenvalue weighted by Gasteiger charge is 2.52. The Morgan fingerprint density at radius 2 is 1.88 bits per heavy atom. The van der Waals surface area contributed by atoms with Crippen LogP contribution in [0.4, 0.5) is 10.1 Å². The van der Waals surface area contributed by atoms with Crippen LogP contribution in [0.3, 0.4) is 0 Å². The molecule has 2 aromatic rings. The summed E-state index contributed by atoms with van der Waals surface area (Å²) in [5, 5.41) is 0.565. The van der Waals surface area contributed by atoms with Crippen LogP contribution in [0.15, 0.2) is 42.2 Å². The first-order valence-corrected chi connectivity index (χ1v) is 19.8. The highest BCUT2D eigenvalue weighted by Crippen LogP contribution is 2.49. The summed E-state index contributed by atoms with van der Waals surface area (Å²) in [5.74, 6) is -2.23. The van der Waals surface area contributed by atoms with Gasteiger partial charge in [0.05, 0.1) is 30.2 Å². The fourth-order valence-electron chi connectivity index (χ4n) is 8.14. The molecule has 1 spiro atoms. The highest BCUT2D eigenvalue weighted by molar-refractivity contribution is 7.90. The number of fused-ring (bicyclic) bond motifs is 1. The van der Waals surface area contributed by atoms with Crippen molar-refractivity contribution in [2.75, 3.05) is 70.8 Å². The van der Waals surface area contributed by atoms with Crippen molar-refractivity contribution < 1.29 is 36.6 Å². The number of carbonyl (C=O) groups is 2. The van der Waals surface area contributed by atoms with Gasteiger partial charge in [-0.05, 0) is 91.5 Å². The Labute approximate surface area is 305 Å². The van der Waals surface area contributed by atoms with Gasteiger partial charge in [-0.2, -0.15) is 0 Å². The molecule has 4 aliphatic rings. The third-order valence-electron chi connectivity index (χ3n) is 10.6. The predicted octanol–water partition coefficient (Wildman–Crippen LogP) is 4.81. The number of amides is 2. The number of benzene rings is 2. The third kappa shape index (κ3) is 7.92. The Balaban J connectivity index is 1.62. The molecule has 1 saturated heterocycles. The number of ether oxygens (including phenoxy) is 3. The van der Waals surface area contributed by atoms with Crippen LogP contribution in [0.2, 0.25) is 5.02 Å². The number of aryl methyl sites for hydroxylation is 1. The molecule has 4 aliphatic heterocycles. The fourth-order valence-corrected chi connectivity index (χ4v) is 9.75. The molecule has 14 heteroatoms. The molecule has 0 saturated carbocycles. The number of methoxy groups -OCH3 is 2. The number of carbonyl (C=O) groups excluding carboxylic acids is 2. The van der Waals surface area contributed by atoms with Crippen LogP contribution in [-0.2, 0) is 42.9 Å². The second kappa shape index (κ2) is 15.8. The van der Waals surface area contributed by atoms with E-state index in [2.05, 4.69) is 9.62 Å². The van der Waals surface area contributed by atoms with Gasteiger partial charge in [-0.1, -0.05) is 24.6 Å². The smallest absolute Gasteiger partial charge is 0.264 e. The van der Waals surface area contributed by atoms with Crippen LogP contribution in [0, 0.1) is 5.92 Å². The average Bonchev–Trinajstić information content (AvgIpc) is 3.50. The molecule has 0 radical (unpaired) electrons. The lowest BCUT2D eigenvalue weighted by Crippen LogP contribution is -2.59. The normalized spacial score (nSPS) is 26.0. The van der Waals surface area contributed by atoms with Crippen LogP contribution < -0.4 is 14.4 Å². The summed E-state index contributed by atoms with van der Waals surface area (Å²) in [6, 6.07) is 7.61. The Bertz CT molecular complexity index is 1770. The average molecular weight is 747 g/mol. The number of halogens is 2. The fraction of sp³-hybridized carbons (Fsp3) is 0.568. The van der Waals surface area contributed by atoms with E-state index in [-0.39, 0.29) is 44.9 Å². The van der Waals surface area contributed by atoms with E-state index < -0.39 is 50.9 Å². The van der Waals surface area contributed by atoms with Crippen molar-refractivity contribution in [1.82, 2.24) is 14.5 Å². The number of nitrogens with zero attached hydrogens (tertiary/aromatic N) is 3. The van der Waals surface area contributed by atoms with E-state index in [4.69, 9.17) is 25.8 Å². The number of sulfonamides is 1. The minimum absolute atomic E-state index is 0.0348. The summed E-state index contributed by atoms with van der Waals surface area (Å²) in [5.41, 5.74) is 2.86. The molecule has 2 amide bonds. The van der Waals surface area contributed by atoms with E-state index in [1.807, 2.05) is 17.0 Å². The van der Waals surface area contributed by atoms with Gasteiger partial charge in [-0.25, -0.2) is 17.5 Å². The standard InChI is InChI=1S/C37H48ClFN4O7S/c1-25-8-10-31(39)34(36(45)41(15-17-48-2)16-18-49-3)43-14-6-12-37(43)24-42-13-5-4-7-26-19-28(38)21-30(37)29(26)22-50-33-11-9-27(20-32(33)42)35(44)40-51(46,47)23-25/h9-11,19-21,25,34H,4-8,12-18,22-24H2,1-3H3,(H,40,44)/b31-10-/t25-,34+,37-/m0/s1. The molecule has 3 atom stereocenters. The first-order chi connectivity index (χ1) is 24.5. The second-order valence-corrected chi connectivity index (χ2v) is 16.3. The minimum atomic E-state index is -4.08. The van der Waals surface area contributed by atoms with E-state index in [0.717, 1.165) is 36.0 Å². The minimum Gasteiger partial charge on any atom is -0.487 e. The van der Waals surface area contributed by atoms with Crippen molar-refractivity contribution in [2.24, 2.45) is 5.92 Å². The summed E-state index contributed by atoms with van der Waals surface area (Å²) in [6.07, 6.45) is 5.12. The Morgan fingerprint density at radius 3 is 2.63 bits per heavy atom. The Kier molecular flexibility index (Phi) is 11.6. The molecule has 2 aromatic carbocycles. The van der Waals surface area contributed by atoms with Crippen LogP contribution in [0.25, 0.3) is 0 Å². The van der Waals surface area contributed by atoms with Gasteiger partial charge in [-0.15, -0.1) is 0 Å². The highest BCUT2D eigenvalue weighted by atomic mass is 35.5. The Morgan fingerprint density at radius 1 is 1.12 bits per heavy atom. The van der Waals surface area contributed by atoms with E-state index in [1.165, 1.54) is 6.08 Å². The molecule has 278 valence electrons. The van der Waals surface area contributed by atoms with E-state index in [9.17, 15) is 18.0 Å². The molecule has 0 aliphatic carbocycles. The van der Waals surface area contributed by atoms with Gasteiger partial charge in [0.2, 0.25) is 15.9 Å². The van der Waals surface area contributed by atoms with Crippen molar-refractivity contribution in [3.05, 3.63) is 69.5 Å². The van der Waals surface area contributed by atoms with Crippen LogP contribution in [-0.4, -0.2) is 102 Å². The van der Waals surface area contributed by atoms with Gasteiger partial charge in [0.25, 0.3) is 5.91 Å². The monoisotopic (exact) mass is 746 g/mol. The first-order valence-electron chi connectivity index (χ1n) is 17.7. The predicted molar refractivity (Wildman–Crippen MR) is 193 cm³/mol. The van der Waals surface area contributed by atoms with Crippen LogP contribution in [0.5, 0.6) is 5.75 Å². The molecule has 51 heavy (non-hydrogen) atoms. The Hall–Kier alpha value is -3.23. The number of hydrogen-bond donors (Lipinski definition) is 1. The van der Waals surface area contributed by atoms with Gasteiger partial charge in [0.1, 0.15) is 24.2 Å². The van der Waals surface area contributed by atoms with E-state index in [0.29, 0.717) is 48.9 Å². The SMILES string of the molecule is COCCN(CCOC)C(=O)[C@H]1/C(F)=C/C[C@H](C)CS(=O)(=O)NC(=O)c2ccc3c(c2)N2CCCCc4cc(Cl)cc(c4CO3)[C@]3(CCCN13)C2. The summed E-state index contributed by atoms with van der Waals surface area (Å²) >= 11 is 6.91. The first kappa shape index (κ1) is 37.5. The quantitative estimate of drug-likeness (QED) is 0.426. The lowest BCUT2D eigenvalue weighted by atomic mass is 9.79. The molecule has 0 aromatic heterocycles. The van der Waals surface area contributed by atoms with E-state index >= 15 is 4.39 Å². The molecule has 11 nitrogen and oxygen atoms in total. The van der Waals surface area contributed by atoms with Gasteiger partial charge < -0.3 is 24.0 Å². The van der Waals surface area contributed by atoms with Crippen LogP contribution >= 0.6 is 11.6 Å². The number of rotatable bonds is 7. The van der Waals surface area contributed by atoms with Crippen LogP contribution in [0.1, 0.15) is 66.1 Å². The van der Waals surface area contributed by atoms with Gasteiger partial charge in [0.15, 0.2) is 0 Å². The zero-order valence-corrected chi connectivity index (χ0v) is 31.2. The van der Waals surface area contributed by atoms with Gasteiger partial charge in [0, 0.05) is 57.5 Å². The largest absolute Gasteiger partial charge is 0.487 e. The third-order valence-corrected chi connectivity index (χ3v) is 12.3. The summed E-state index contributed by atoms with van der Waals surface area (Å²) in [6.45, 7) is 4.22. The van der Waals surface area contributed by atoms with Crippen molar-refractivity contribution in [2.45, 2.75) is 63.6 Å². The molecule has 1 N–H and O–H groups in total. The number of hydrogen-bond acceptors (Lipinski definition) is 9. The van der Waals surface area contributed by atoms with Crippen molar-refractivity contribution in [1.29, 1.82) is 0 Å². The topological polar surface area (TPSA) is 118 Å². The summed E-state index contributed by atoms with van der Waals surface area (Å²) in [4.78, 5) is 34.0. The van der Waals surface area contributed by atoms with Crippen molar-refractivity contribution in [3.8, 4) is 5.75 Å². The number of allylic oxidation sites excluding steroid dienone is 1. The molecular weight excluding hydrogens is 699 g/mol. The zero-order valence-electron chi connectivity index (χ0n) is 29.6. The molecule has 0 unspecified atom stereocenters. The maximum Gasteiger partial charge on any atom is 0.264 e. The van der Waals surface area contributed by atoms with Crippen molar-refractivity contribution >= 4 is 39.1 Å². The maximum absolute atomic E-state index is 17.2. The summed E-state index contributed by atoms with van der Waals surface area (Å²) in [7, 11) is -0.967. The second-order valence-electron chi connectivity index (χ2n) is 14.1. The lowest BCUT2D eigenvalue weighted by molar-refractivity contribution is -0.139. The lowest BCUT2D eigenvalue weighted by Gasteiger charge is -2.47. The number of nitrogens with one attached hydrogen (secondary N) is 1. The molecule has 6 rings (SSSR count). The molecule has 1 fully saturated rings. The van der Waals surface area contributed by atoms with Crippen molar-refractivity contribution in [3.63, 3.8) is 0 Å². The molecular formula is C37H48ClFN4O7S. The zero-order chi connectivity index (χ0) is 36.3.